The van der Waals surface area contributed by atoms with E-state index in [2.05, 4.69) is 15.6 Å². The summed E-state index contributed by atoms with van der Waals surface area (Å²) in [4.78, 5) is 42.1. The number of thiophene rings is 1. The molecule has 148 valence electrons. The van der Waals surface area contributed by atoms with Crippen molar-refractivity contribution in [2.24, 2.45) is 0 Å². The number of hydrogen-bond donors (Lipinski definition) is 2. The minimum absolute atomic E-state index is 0.0790. The maximum atomic E-state index is 12.6. The fourth-order valence-corrected chi connectivity index (χ4v) is 4.63. The Morgan fingerprint density at radius 1 is 1.24 bits per heavy atom. The van der Waals surface area contributed by atoms with Crippen LogP contribution in [0.25, 0.3) is 10.6 Å². The Labute approximate surface area is 174 Å². The van der Waals surface area contributed by atoms with E-state index in [1.165, 1.54) is 29.6 Å². The van der Waals surface area contributed by atoms with Crippen molar-refractivity contribution >= 4 is 45.6 Å². The first-order chi connectivity index (χ1) is 14.0. The molecule has 4 rings (SSSR count). The van der Waals surface area contributed by atoms with Crippen molar-refractivity contribution in [3.8, 4) is 10.6 Å². The van der Waals surface area contributed by atoms with Crippen LogP contribution in [-0.4, -0.2) is 28.9 Å². The van der Waals surface area contributed by atoms with Crippen molar-refractivity contribution in [3.63, 3.8) is 0 Å². The summed E-state index contributed by atoms with van der Waals surface area (Å²) in [6.07, 6.45) is -0.542. The molecule has 3 aromatic rings. The topological polar surface area (TPSA) is 97.4 Å². The fourth-order valence-electron chi connectivity index (χ4n) is 2.93. The lowest BCUT2D eigenvalue weighted by atomic mass is 9.98. The van der Waals surface area contributed by atoms with E-state index in [0.717, 1.165) is 21.0 Å². The number of rotatable bonds is 5. The second-order valence-corrected chi connectivity index (χ2v) is 8.48. The second-order valence-electron chi connectivity index (χ2n) is 6.46. The molecule has 0 aliphatic carbocycles. The molecule has 0 saturated carbocycles. The van der Waals surface area contributed by atoms with E-state index in [-0.39, 0.29) is 5.91 Å². The number of ether oxygens (including phenoxy) is 1. The summed E-state index contributed by atoms with van der Waals surface area (Å²) in [5, 5.41) is 7.79. The molecule has 0 unspecified atom stereocenters. The van der Waals surface area contributed by atoms with Gasteiger partial charge in [-0.15, -0.1) is 22.7 Å². The number of anilines is 1. The van der Waals surface area contributed by atoms with Gasteiger partial charge in [0.25, 0.3) is 5.91 Å². The van der Waals surface area contributed by atoms with Crippen molar-refractivity contribution in [2.75, 3.05) is 5.32 Å². The Kier molecular flexibility index (Phi) is 5.41. The average Bonchev–Trinajstić information content (AvgIpc) is 3.35. The van der Waals surface area contributed by atoms with Crippen molar-refractivity contribution in [1.29, 1.82) is 0 Å². The minimum atomic E-state index is -0.879. The van der Waals surface area contributed by atoms with Crippen LogP contribution >= 0.6 is 22.7 Å². The van der Waals surface area contributed by atoms with Crippen LogP contribution in [0.15, 0.2) is 41.8 Å². The number of nitrogens with one attached hydrogen (secondary N) is 2. The fraction of sp³-hybridized carbons (Fsp3) is 0.200. The lowest BCUT2D eigenvalue weighted by molar-refractivity contribution is -0.125. The number of benzene rings is 1. The highest BCUT2D eigenvalue weighted by molar-refractivity contribution is 7.17. The van der Waals surface area contributed by atoms with Gasteiger partial charge in [0.15, 0.2) is 11.2 Å². The van der Waals surface area contributed by atoms with Crippen LogP contribution in [0.2, 0.25) is 0 Å². The molecule has 9 heteroatoms. The number of aromatic nitrogens is 1. The molecule has 1 atom stereocenters. The lowest BCUT2D eigenvalue weighted by Gasteiger charge is -2.23. The molecule has 1 aliphatic heterocycles. The van der Waals surface area contributed by atoms with Gasteiger partial charge in [0.05, 0.1) is 22.7 Å². The molecule has 1 aliphatic rings. The predicted molar refractivity (Wildman–Crippen MR) is 111 cm³/mol. The maximum Gasteiger partial charge on any atom is 0.339 e. The van der Waals surface area contributed by atoms with E-state index in [1.54, 1.807) is 12.1 Å². The molecule has 7 nitrogen and oxygen atoms in total. The molecule has 1 aromatic carbocycles. The first kappa shape index (κ1) is 19.3. The third-order valence-electron chi connectivity index (χ3n) is 4.34. The number of carbonyl (C=O) groups is 3. The first-order valence-electron chi connectivity index (χ1n) is 8.88. The van der Waals surface area contributed by atoms with E-state index >= 15 is 0 Å². The van der Waals surface area contributed by atoms with Gasteiger partial charge in [0.2, 0.25) is 5.91 Å². The smallest absolute Gasteiger partial charge is 0.339 e. The molecule has 29 heavy (non-hydrogen) atoms. The zero-order valence-corrected chi connectivity index (χ0v) is 17.1. The highest BCUT2D eigenvalue weighted by atomic mass is 32.1. The molecular formula is C20H17N3O4S2. The zero-order chi connectivity index (χ0) is 20.4. The summed E-state index contributed by atoms with van der Waals surface area (Å²) in [6.45, 7) is 1.95. The van der Waals surface area contributed by atoms with Crippen molar-refractivity contribution in [1.82, 2.24) is 10.3 Å². The summed E-state index contributed by atoms with van der Waals surface area (Å²) in [5.74, 6) is -0.965. The molecule has 2 aromatic heterocycles. The van der Waals surface area contributed by atoms with Crippen molar-refractivity contribution in [2.45, 2.75) is 26.0 Å². The van der Waals surface area contributed by atoms with Gasteiger partial charge < -0.3 is 10.1 Å². The van der Waals surface area contributed by atoms with E-state index < -0.39 is 18.0 Å². The molecular weight excluding hydrogens is 410 g/mol. The Hall–Kier alpha value is -3.04. The highest BCUT2D eigenvalue weighted by Crippen LogP contribution is 2.31. The largest absolute Gasteiger partial charge is 0.448 e. The number of thiazole rings is 1. The monoisotopic (exact) mass is 427 g/mol. The average molecular weight is 428 g/mol. The Morgan fingerprint density at radius 3 is 2.90 bits per heavy atom. The van der Waals surface area contributed by atoms with E-state index in [9.17, 15) is 14.4 Å². The van der Waals surface area contributed by atoms with Crippen LogP contribution in [0.4, 0.5) is 5.13 Å². The standard InChI is InChI=1S/C20H17N3O4S2/c1-11(24)21-9-13-6-7-17(29-13)15-10-28-20(22-15)23-18(25)16-8-12-4-2-3-5-14(12)19(26)27-16/h2-7,10,16H,8-9H2,1H3,(H,21,24)(H,22,23,25)/t16-/m1/s1. The number of hydrogen-bond acceptors (Lipinski definition) is 7. The summed E-state index contributed by atoms with van der Waals surface area (Å²) >= 11 is 2.83. The third kappa shape index (κ3) is 4.36. The molecule has 0 bridgehead atoms. The zero-order valence-electron chi connectivity index (χ0n) is 15.4. The Morgan fingerprint density at radius 2 is 2.07 bits per heavy atom. The molecule has 2 N–H and O–H groups in total. The number of amides is 2. The molecule has 2 amide bonds. The van der Waals surface area contributed by atoms with E-state index in [1.807, 2.05) is 29.6 Å². The third-order valence-corrected chi connectivity index (χ3v) is 6.21. The van der Waals surface area contributed by atoms with Gasteiger partial charge in [0, 0.05) is 23.6 Å². The summed E-state index contributed by atoms with van der Waals surface area (Å²) in [5.41, 5.74) is 2.05. The Balaban J connectivity index is 1.41. The molecule has 0 spiro atoms. The summed E-state index contributed by atoms with van der Waals surface area (Å²) < 4.78 is 5.28. The number of nitrogens with zero attached hydrogens (tertiary/aromatic N) is 1. The number of cyclic esters (lactones) is 1. The Bertz CT molecular complexity index is 1090. The van der Waals surface area contributed by atoms with Gasteiger partial charge in [-0.1, -0.05) is 18.2 Å². The van der Waals surface area contributed by atoms with Gasteiger partial charge in [-0.05, 0) is 23.8 Å². The van der Waals surface area contributed by atoms with Crippen LogP contribution in [0.3, 0.4) is 0 Å². The van der Waals surface area contributed by atoms with Gasteiger partial charge >= 0.3 is 5.97 Å². The number of fused-ring (bicyclic) bond motifs is 1. The van der Waals surface area contributed by atoms with Crippen LogP contribution in [-0.2, 0) is 27.3 Å². The van der Waals surface area contributed by atoms with Gasteiger partial charge in [0.1, 0.15) is 0 Å². The maximum absolute atomic E-state index is 12.6. The second kappa shape index (κ2) is 8.14. The van der Waals surface area contributed by atoms with Gasteiger partial charge in [-0.2, -0.15) is 0 Å². The summed E-state index contributed by atoms with van der Waals surface area (Å²) in [6, 6.07) is 11.0. The van der Waals surface area contributed by atoms with Crippen LogP contribution < -0.4 is 10.6 Å². The van der Waals surface area contributed by atoms with Crippen molar-refractivity contribution < 1.29 is 19.1 Å². The van der Waals surface area contributed by atoms with Gasteiger partial charge in [-0.25, -0.2) is 9.78 Å². The van der Waals surface area contributed by atoms with E-state index in [4.69, 9.17) is 4.74 Å². The molecule has 0 radical (unpaired) electrons. The van der Waals surface area contributed by atoms with E-state index in [0.29, 0.717) is 23.7 Å². The molecule has 3 heterocycles. The number of carbonyl (C=O) groups excluding carboxylic acids is 3. The molecule has 0 saturated heterocycles. The highest BCUT2D eigenvalue weighted by Gasteiger charge is 2.31. The molecule has 0 fully saturated rings. The predicted octanol–water partition coefficient (Wildman–Crippen LogP) is 3.23. The quantitative estimate of drug-likeness (QED) is 0.610. The van der Waals surface area contributed by atoms with Gasteiger partial charge in [-0.3, -0.25) is 14.9 Å². The van der Waals surface area contributed by atoms with Crippen LogP contribution in [0.5, 0.6) is 0 Å². The van der Waals surface area contributed by atoms with Crippen molar-refractivity contribution in [3.05, 3.63) is 57.8 Å². The normalized spacial score (nSPS) is 15.3. The lowest BCUT2D eigenvalue weighted by Crippen LogP contribution is -2.37. The first-order valence-corrected chi connectivity index (χ1v) is 10.6. The SMILES string of the molecule is CC(=O)NCc1ccc(-c2csc(NC(=O)[C@H]3Cc4ccccc4C(=O)O3)n2)s1. The van der Waals surface area contributed by atoms with Crippen LogP contribution in [0.1, 0.15) is 27.7 Å². The number of esters is 1. The summed E-state index contributed by atoms with van der Waals surface area (Å²) in [7, 11) is 0. The van der Waals surface area contributed by atoms with Crippen LogP contribution in [0, 0.1) is 0 Å². The minimum Gasteiger partial charge on any atom is -0.448 e.